The summed E-state index contributed by atoms with van der Waals surface area (Å²) in [7, 11) is 3.59. The second kappa shape index (κ2) is 7.13. The van der Waals surface area contributed by atoms with Crippen LogP contribution in [-0.2, 0) is 4.74 Å². The van der Waals surface area contributed by atoms with Crippen LogP contribution in [0.25, 0.3) is 0 Å². The standard InChI is InChI=1S/C12H22N4O2/c1-5-18-12-9(2)11(14-8-15-12)16(3)6-10(13)7-17-4/h8,10H,5-7,13H2,1-4H3. The molecule has 1 heterocycles. The van der Waals surface area contributed by atoms with Crippen LogP contribution in [0.1, 0.15) is 12.5 Å². The zero-order valence-electron chi connectivity index (χ0n) is 11.5. The van der Waals surface area contributed by atoms with E-state index in [0.29, 0.717) is 25.6 Å². The number of ether oxygens (including phenoxy) is 2. The van der Waals surface area contributed by atoms with Crippen molar-refractivity contribution in [3.63, 3.8) is 0 Å². The molecule has 1 aromatic heterocycles. The molecule has 18 heavy (non-hydrogen) atoms. The SMILES string of the molecule is CCOc1ncnc(N(C)CC(N)COC)c1C. The molecule has 0 aliphatic rings. The van der Waals surface area contributed by atoms with Crippen molar-refractivity contribution in [2.75, 3.05) is 38.8 Å². The van der Waals surface area contributed by atoms with Gasteiger partial charge in [-0.2, -0.15) is 0 Å². The van der Waals surface area contributed by atoms with Gasteiger partial charge in [-0.05, 0) is 13.8 Å². The summed E-state index contributed by atoms with van der Waals surface area (Å²) >= 11 is 0. The molecule has 0 saturated carbocycles. The molecular formula is C12H22N4O2. The topological polar surface area (TPSA) is 73.5 Å². The molecule has 1 atom stereocenters. The highest BCUT2D eigenvalue weighted by atomic mass is 16.5. The van der Waals surface area contributed by atoms with Crippen molar-refractivity contribution in [3.8, 4) is 5.88 Å². The smallest absolute Gasteiger partial charge is 0.221 e. The highest BCUT2D eigenvalue weighted by molar-refractivity contribution is 5.49. The summed E-state index contributed by atoms with van der Waals surface area (Å²) in [6, 6.07) is -0.0510. The molecule has 1 unspecified atom stereocenters. The van der Waals surface area contributed by atoms with Crippen molar-refractivity contribution in [2.24, 2.45) is 5.73 Å². The van der Waals surface area contributed by atoms with E-state index < -0.39 is 0 Å². The van der Waals surface area contributed by atoms with Crippen LogP contribution in [0.15, 0.2) is 6.33 Å². The monoisotopic (exact) mass is 254 g/mol. The first-order chi connectivity index (χ1) is 8.60. The number of hydrogen-bond donors (Lipinski definition) is 1. The van der Waals surface area contributed by atoms with Crippen LogP contribution in [0.3, 0.4) is 0 Å². The van der Waals surface area contributed by atoms with Gasteiger partial charge >= 0.3 is 0 Å². The summed E-state index contributed by atoms with van der Waals surface area (Å²) in [6.45, 7) is 5.65. The first-order valence-corrected chi connectivity index (χ1v) is 6.00. The van der Waals surface area contributed by atoms with Gasteiger partial charge in [0.15, 0.2) is 0 Å². The van der Waals surface area contributed by atoms with E-state index in [1.165, 1.54) is 6.33 Å². The van der Waals surface area contributed by atoms with E-state index >= 15 is 0 Å². The van der Waals surface area contributed by atoms with Gasteiger partial charge in [0.1, 0.15) is 12.1 Å². The van der Waals surface area contributed by atoms with Crippen molar-refractivity contribution < 1.29 is 9.47 Å². The van der Waals surface area contributed by atoms with Crippen molar-refractivity contribution in [2.45, 2.75) is 19.9 Å². The molecule has 0 radical (unpaired) electrons. The van der Waals surface area contributed by atoms with Gasteiger partial charge in [0.25, 0.3) is 0 Å². The summed E-state index contributed by atoms with van der Waals surface area (Å²) in [5.41, 5.74) is 6.85. The second-order valence-corrected chi connectivity index (χ2v) is 4.16. The number of hydrogen-bond acceptors (Lipinski definition) is 6. The molecule has 1 aromatic rings. The largest absolute Gasteiger partial charge is 0.478 e. The zero-order chi connectivity index (χ0) is 13.5. The maximum absolute atomic E-state index is 5.93. The minimum absolute atomic E-state index is 0.0510. The number of rotatable bonds is 7. The van der Waals surface area contributed by atoms with Crippen LogP contribution in [-0.4, -0.2) is 49.9 Å². The van der Waals surface area contributed by atoms with Gasteiger partial charge in [0.05, 0.1) is 18.8 Å². The summed E-state index contributed by atoms with van der Waals surface area (Å²) in [5.74, 6) is 1.45. The number of aromatic nitrogens is 2. The van der Waals surface area contributed by atoms with Crippen LogP contribution >= 0.6 is 0 Å². The van der Waals surface area contributed by atoms with E-state index in [1.807, 2.05) is 25.8 Å². The lowest BCUT2D eigenvalue weighted by molar-refractivity contribution is 0.181. The molecular weight excluding hydrogens is 232 g/mol. The maximum Gasteiger partial charge on any atom is 0.221 e. The van der Waals surface area contributed by atoms with Crippen LogP contribution in [0.5, 0.6) is 5.88 Å². The molecule has 0 saturated heterocycles. The summed E-state index contributed by atoms with van der Waals surface area (Å²) in [6.07, 6.45) is 1.51. The molecule has 6 heteroatoms. The van der Waals surface area contributed by atoms with Gasteiger partial charge in [-0.15, -0.1) is 0 Å². The fourth-order valence-electron chi connectivity index (χ4n) is 1.80. The fourth-order valence-corrected chi connectivity index (χ4v) is 1.80. The predicted molar refractivity (Wildman–Crippen MR) is 71.1 cm³/mol. The van der Waals surface area contributed by atoms with E-state index in [4.69, 9.17) is 15.2 Å². The Hall–Kier alpha value is -1.40. The van der Waals surface area contributed by atoms with E-state index in [0.717, 1.165) is 11.4 Å². The van der Waals surface area contributed by atoms with Gasteiger partial charge in [-0.1, -0.05) is 0 Å². The fraction of sp³-hybridized carbons (Fsp3) is 0.667. The molecule has 2 N–H and O–H groups in total. The molecule has 1 rings (SSSR count). The van der Waals surface area contributed by atoms with Gasteiger partial charge in [-0.25, -0.2) is 9.97 Å². The van der Waals surface area contributed by atoms with E-state index in [9.17, 15) is 0 Å². The third-order valence-corrected chi connectivity index (χ3v) is 2.54. The maximum atomic E-state index is 5.93. The Morgan fingerprint density at radius 1 is 1.44 bits per heavy atom. The highest BCUT2D eigenvalue weighted by Crippen LogP contribution is 2.22. The van der Waals surface area contributed by atoms with Crippen LogP contribution < -0.4 is 15.4 Å². The molecule has 0 aromatic carbocycles. The van der Waals surface area contributed by atoms with Crippen molar-refractivity contribution in [3.05, 3.63) is 11.9 Å². The number of methoxy groups -OCH3 is 1. The van der Waals surface area contributed by atoms with Gasteiger partial charge in [0.2, 0.25) is 5.88 Å². The summed E-state index contributed by atoms with van der Waals surface area (Å²) in [5, 5.41) is 0. The normalized spacial score (nSPS) is 12.3. The van der Waals surface area contributed by atoms with Crippen molar-refractivity contribution in [1.82, 2.24) is 9.97 Å². The zero-order valence-corrected chi connectivity index (χ0v) is 11.5. The molecule has 0 aliphatic heterocycles. The Bertz CT molecular complexity index is 373. The lowest BCUT2D eigenvalue weighted by Gasteiger charge is -2.23. The minimum atomic E-state index is -0.0510. The quantitative estimate of drug-likeness (QED) is 0.768. The Balaban J connectivity index is 2.78. The first-order valence-electron chi connectivity index (χ1n) is 6.00. The summed E-state index contributed by atoms with van der Waals surface area (Å²) < 4.78 is 10.5. The summed E-state index contributed by atoms with van der Waals surface area (Å²) in [4.78, 5) is 10.4. The number of nitrogens with zero attached hydrogens (tertiary/aromatic N) is 3. The lowest BCUT2D eigenvalue weighted by Crippen LogP contribution is -2.39. The van der Waals surface area contributed by atoms with E-state index in [-0.39, 0.29) is 6.04 Å². The Kier molecular flexibility index (Phi) is 5.80. The number of nitrogens with two attached hydrogens (primary N) is 1. The van der Waals surface area contributed by atoms with E-state index in [2.05, 4.69) is 9.97 Å². The minimum Gasteiger partial charge on any atom is -0.478 e. The third kappa shape index (κ3) is 3.82. The van der Waals surface area contributed by atoms with Gasteiger partial charge in [0, 0.05) is 26.7 Å². The van der Waals surface area contributed by atoms with Crippen molar-refractivity contribution >= 4 is 5.82 Å². The average Bonchev–Trinajstić information content (AvgIpc) is 2.32. The van der Waals surface area contributed by atoms with Crippen molar-refractivity contribution in [1.29, 1.82) is 0 Å². The van der Waals surface area contributed by atoms with E-state index in [1.54, 1.807) is 7.11 Å². The van der Waals surface area contributed by atoms with Crippen LogP contribution in [0.2, 0.25) is 0 Å². The molecule has 0 bridgehead atoms. The second-order valence-electron chi connectivity index (χ2n) is 4.16. The predicted octanol–water partition coefficient (Wildman–Crippen LogP) is 0.594. The Labute approximate surface area is 108 Å². The number of anilines is 1. The average molecular weight is 254 g/mol. The third-order valence-electron chi connectivity index (χ3n) is 2.54. The molecule has 6 nitrogen and oxygen atoms in total. The molecule has 0 amide bonds. The molecule has 0 aliphatic carbocycles. The van der Waals surface area contributed by atoms with Gasteiger partial charge in [-0.3, -0.25) is 0 Å². The highest BCUT2D eigenvalue weighted by Gasteiger charge is 2.14. The molecule has 102 valence electrons. The molecule has 0 spiro atoms. The lowest BCUT2D eigenvalue weighted by atomic mass is 10.2. The van der Waals surface area contributed by atoms with Gasteiger partial charge < -0.3 is 20.1 Å². The van der Waals surface area contributed by atoms with Crippen LogP contribution in [0, 0.1) is 6.92 Å². The number of likely N-dealkylation sites (N-methyl/N-ethyl adjacent to an activating group) is 1. The Morgan fingerprint density at radius 3 is 2.78 bits per heavy atom. The Morgan fingerprint density at radius 2 is 2.17 bits per heavy atom. The first kappa shape index (κ1) is 14.7. The molecule has 0 fully saturated rings. The van der Waals surface area contributed by atoms with Crippen LogP contribution in [0.4, 0.5) is 5.82 Å².